The van der Waals surface area contributed by atoms with Gasteiger partial charge in [0.15, 0.2) is 0 Å². The fraction of sp³-hybridized carbons (Fsp3) is 0.333. The zero-order valence-electron chi connectivity index (χ0n) is 18.6. The molecule has 2 aliphatic rings. The fourth-order valence-electron chi connectivity index (χ4n) is 3.88. The smallest absolute Gasteiger partial charge is 0.278 e. The number of rotatable bonds is 8. The van der Waals surface area contributed by atoms with Gasteiger partial charge in [-0.3, -0.25) is 19.4 Å². The van der Waals surface area contributed by atoms with Crippen LogP contribution in [0.15, 0.2) is 48.2 Å². The highest BCUT2D eigenvalue weighted by atomic mass is 19.1. The van der Waals surface area contributed by atoms with E-state index in [0.717, 1.165) is 13.1 Å². The van der Waals surface area contributed by atoms with Crippen molar-refractivity contribution < 1.29 is 28.2 Å². The van der Waals surface area contributed by atoms with Crippen LogP contribution in [0.3, 0.4) is 0 Å². The molecule has 0 radical (unpaired) electrons. The van der Waals surface area contributed by atoms with E-state index in [1.807, 2.05) is 0 Å². The highest BCUT2D eigenvalue weighted by molar-refractivity contribution is 6.36. The molecule has 0 aromatic heterocycles. The molecule has 0 bridgehead atoms. The molecule has 8 nitrogen and oxygen atoms in total. The van der Waals surface area contributed by atoms with Crippen LogP contribution in [0.1, 0.15) is 5.56 Å². The van der Waals surface area contributed by atoms with Crippen LogP contribution in [0, 0.1) is 5.82 Å². The lowest BCUT2D eigenvalue weighted by Gasteiger charge is -2.28. The Hall–Kier alpha value is -3.43. The number of morpholine rings is 1. The summed E-state index contributed by atoms with van der Waals surface area (Å²) >= 11 is 0. The maximum Gasteiger partial charge on any atom is 0.278 e. The number of anilines is 1. The standard InChI is InChI=1S/C24H26FN3O5/c1-31-18-7-8-19(20(15-18)32-2)26-22-21(16-3-5-17(25)6-4-16)23(29)28(24(22)30)10-9-27-11-13-33-14-12-27/h3-8,15,26H,9-14H2,1-2H3. The molecule has 0 aliphatic carbocycles. The van der Waals surface area contributed by atoms with Crippen molar-refractivity contribution in [2.24, 2.45) is 0 Å². The first kappa shape index (κ1) is 22.8. The van der Waals surface area contributed by atoms with Crippen molar-refractivity contribution in [1.82, 2.24) is 9.80 Å². The number of amides is 2. The van der Waals surface area contributed by atoms with Gasteiger partial charge in [0.1, 0.15) is 23.0 Å². The predicted molar refractivity (Wildman–Crippen MR) is 120 cm³/mol. The Balaban J connectivity index is 1.65. The SMILES string of the molecule is COc1ccc(NC2=C(c3ccc(F)cc3)C(=O)N(CCN3CCOCC3)C2=O)c(OC)c1. The van der Waals surface area contributed by atoms with Crippen molar-refractivity contribution in [2.45, 2.75) is 0 Å². The number of imide groups is 1. The van der Waals surface area contributed by atoms with Crippen LogP contribution in [-0.2, 0) is 14.3 Å². The van der Waals surface area contributed by atoms with Crippen molar-refractivity contribution in [3.63, 3.8) is 0 Å². The first-order valence-electron chi connectivity index (χ1n) is 10.7. The van der Waals surface area contributed by atoms with E-state index in [1.165, 1.54) is 36.3 Å². The van der Waals surface area contributed by atoms with Crippen LogP contribution < -0.4 is 14.8 Å². The summed E-state index contributed by atoms with van der Waals surface area (Å²) in [6, 6.07) is 10.6. The fourth-order valence-corrected chi connectivity index (χ4v) is 3.88. The van der Waals surface area contributed by atoms with Gasteiger partial charge in [-0.25, -0.2) is 4.39 Å². The number of carbonyl (C=O) groups excluding carboxylic acids is 2. The normalized spacial score (nSPS) is 17.0. The van der Waals surface area contributed by atoms with Gasteiger partial charge in [0.2, 0.25) is 0 Å². The molecule has 0 saturated carbocycles. The van der Waals surface area contributed by atoms with E-state index < -0.39 is 17.6 Å². The molecule has 1 N–H and O–H groups in total. The lowest BCUT2D eigenvalue weighted by atomic mass is 10.0. The Kier molecular flexibility index (Phi) is 6.90. The van der Waals surface area contributed by atoms with Crippen molar-refractivity contribution in [2.75, 3.05) is 58.9 Å². The maximum atomic E-state index is 13.5. The van der Waals surface area contributed by atoms with Crippen molar-refractivity contribution >= 4 is 23.1 Å². The van der Waals surface area contributed by atoms with Crippen LogP contribution in [0.5, 0.6) is 11.5 Å². The van der Waals surface area contributed by atoms with Gasteiger partial charge < -0.3 is 19.5 Å². The lowest BCUT2D eigenvalue weighted by Crippen LogP contribution is -2.43. The minimum Gasteiger partial charge on any atom is -0.497 e. The Labute approximate surface area is 191 Å². The molecule has 0 atom stereocenters. The van der Waals surface area contributed by atoms with Crippen molar-refractivity contribution in [3.8, 4) is 11.5 Å². The van der Waals surface area contributed by atoms with Gasteiger partial charge in [-0.2, -0.15) is 0 Å². The zero-order chi connectivity index (χ0) is 23.4. The molecule has 2 aromatic carbocycles. The molecule has 0 unspecified atom stereocenters. The molecule has 9 heteroatoms. The zero-order valence-corrected chi connectivity index (χ0v) is 18.6. The highest BCUT2D eigenvalue weighted by Crippen LogP contribution is 2.35. The largest absolute Gasteiger partial charge is 0.497 e. The number of carbonyl (C=O) groups is 2. The molecular weight excluding hydrogens is 429 g/mol. The Morgan fingerprint density at radius 3 is 2.36 bits per heavy atom. The van der Waals surface area contributed by atoms with Gasteiger partial charge in [0, 0.05) is 32.2 Å². The molecule has 2 aromatic rings. The topological polar surface area (TPSA) is 80.3 Å². The average Bonchev–Trinajstić information content (AvgIpc) is 3.08. The number of benzene rings is 2. The second-order valence-corrected chi connectivity index (χ2v) is 7.66. The summed E-state index contributed by atoms with van der Waals surface area (Å²) in [6.45, 7) is 3.56. The van der Waals surface area contributed by atoms with Gasteiger partial charge in [0.05, 0.1) is 38.7 Å². The van der Waals surface area contributed by atoms with Gasteiger partial charge in [-0.15, -0.1) is 0 Å². The molecule has 2 aliphatic heterocycles. The minimum atomic E-state index is -0.439. The molecule has 2 heterocycles. The summed E-state index contributed by atoms with van der Waals surface area (Å²) in [5.74, 6) is -0.245. The summed E-state index contributed by atoms with van der Waals surface area (Å²) < 4.78 is 29.5. The highest BCUT2D eigenvalue weighted by Gasteiger charge is 2.39. The number of nitrogens with zero attached hydrogens (tertiary/aromatic N) is 2. The second kappa shape index (κ2) is 10.0. The third-order valence-corrected chi connectivity index (χ3v) is 5.71. The number of hydrogen-bond acceptors (Lipinski definition) is 7. The van der Waals surface area contributed by atoms with Crippen LogP contribution >= 0.6 is 0 Å². The molecule has 2 amide bonds. The van der Waals surface area contributed by atoms with E-state index in [9.17, 15) is 14.0 Å². The van der Waals surface area contributed by atoms with E-state index in [-0.39, 0.29) is 17.8 Å². The first-order chi connectivity index (χ1) is 16.0. The van der Waals surface area contributed by atoms with E-state index in [2.05, 4.69) is 10.2 Å². The molecule has 4 rings (SSSR count). The van der Waals surface area contributed by atoms with Gasteiger partial charge >= 0.3 is 0 Å². The number of hydrogen-bond donors (Lipinski definition) is 1. The second-order valence-electron chi connectivity index (χ2n) is 7.66. The minimum absolute atomic E-state index is 0.122. The van der Waals surface area contributed by atoms with Gasteiger partial charge in [-0.1, -0.05) is 12.1 Å². The summed E-state index contributed by atoms with van der Waals surface area (Å²) in [5, 5.41) is 3.08. The van der Waals surface area contributed by atoms with Crippen molar-refractivity contribution in [3.05, 3.63) is 59.5 Å². The number of ether oxygens (including phenoxy) is 3. The number of halogens is 1. The molecule has 33 heavy (non-hydrogen) atoms. The third kappa shape index (κ3) is 4.84. The third-order valence-electron chi connectivity index (χ3n) is 5.71. The van der Waals surface area contributed by atoms with Crippen LogP contribution in [0.4, 0.5) is 10.1 Å². The lowest BCUT2D eigenvalue weighted by molar-refractivity contribution is -0.137. The van der Waals surface area contributed by atoms with E-state index in [4.69, 9.17) is 14.2 Å². The first-order valence-corrected chi connectivity index (χ1v) is 10.7. The Bertz CT molecular complexity index is 1060. The summed E-state index contributed by atoms with van der Waals surface area (Å²) in [5.41, 5.74) is 1.28. The summed E-state index contributed by atoms with van der Waals surface area (Å²) in [7, 11) is 3.05. The Morgan fingerprint density at radius 2 is 1.70 bits per heavy atom. The summed E-state index contributed by atoms with van der Waals surface area (Å²) in [6.07, 6.45) is 0. The quantitative estimate of drug-likeness (QED) is 0.612. The van der Waals surface area contributed by atoms with E-state index in [0.29, 0.717) is 42.5 Å². The monoisotopic (exact) mass is 455 g/mol. The van der Waals surface area contributed by atoms with Gasteiger partial charge in [0.25, 0.3) is 11.8 Å². The molecule has 1 fully saturated rings. The summed E-state index contributed by atoms with van der Waals surface area (Å²) in [4.78, 5) is 30.1. The van der Waals surface area contributed by atoms with E-state index in [1.54, 1.807) is 25.3 Å². The van der Waals surface area contributed by atoms with Crippen LogP contribution in [0.25, 0.3) is 5.57 Å². The molecule has 0 spiro atoms. The molecule has 174 valence electrons. The van der Waals surface area contributed by atoms with Crippen LogP contribution in [0.2, 0.25) is 0 Å². The van der Waals surface area contributed by atoms with Crippen molar-refractivity contribution in [1.29, 1.82) is 0 Å². The average molecular weight is 455 g/mol. The maximum absolute atomic E-state index is 13.5. The van der Waals surface area contributed by atoms with E-state index >= 15 is 0 Å². The van der Waals surface area contributed by atoms with Crippen LogP contribution in [-0.4, -0.2) is 75.2 Å². The number of nitrogens with one attached hydrogen (secondary N) is 1. The predicted octanol–water partition coefficient (Wildman–Crippen LogP) is 2.37. The number of methoxy groups -OCH3 is 2. The van der Waals surface area contributed by atoms with Gasteiger partial charge in [-0.05, 0) is 29.8 Å². The molecular formula is C24H26FN3O5. The Morgan fingerprint density at radius 1 is 0.970 bits per heavy atom. The molecule has 1 saturated heterocycles.